The van der Waals surface area contributed by atoms with Crippen molar-refractivity contribution in [2.75, 3.05) is 7.11 Å². The van der Waals surface area contributed by atoms with Gasteiger partial charge in [0.2, 0.25) is 6.10 Å². The van der Waals surface area contributed by atoms with Gasteiger partial charge < -0.3 is 14.9 Å². The molecule has 2 aromatic rings. The third kappa shape index (κ3) is 4.30. The fraction of sp³-hybridized carbons (Fsp3) is 0.364. The second-order valence-electron chi connectivity index (χ2n) is 7.09. The SMILES string of the molecule is COc1ccccc1C1=NOC(C(=O)NC(C)c2ccc(C(C)C)cc2)C1. The number of para-hydroxylation sites is 1. The Labute approximate surface area is 160 Å². The van der Waals surface area contributed by atoms with Crippen molar-refractivity contribution in [1.29, 1.82) is 0 Å². The molecule has 1 aliphatic rings. The highest BCUT2D eigenvalue weighted by molar-refractivity contribution is 6.05. The lowest BCUT2D eigenvalue weighted by Gasteiger charge is -2.17. The monoisotopic (exact) mass is 366 g/mol. The van der Waals surface area contributed by atoms with E-state index < -0.39 is 6.10 Å². The smallest absolute Gasteiger partial charge is 0.264 e. The van der Waals surface area contributed by atoms with E-state index in [0.717, 1.165) is 22.6 Å². The third-order valence-corrected chi connectivity index (χ3v) is 4.84. The minimum atomic E-state index is -0.623. The highest BCUT2D eigenvalue weighted by atomic mass is 16.6. The third-order valence-electron chi connectivity index (χ3n) is 4.84. The molecule has 0 aromatic heterocycles. The van der Waals surface area contributed by atoms with Crippen LogP contribution in [-0.2, 0) is 9.63 Å². The Balaban J connectivity index is 1.61. The summed E-state index contributed by atoms with van der Waals surface area (Å²) in [6.45, 7) is 6.30. The molecule has 0 saturated carbocycles. The van der Waals surface area contributed by atoms with Gasteiger partial charge in [-0.25, -0.2) is 0 Å². The van der Waals surface area contributed by atoms with Crippen LogP contribution in [0, 0.1) is 0 Å². The van der Waals surface area contributed by atoms with Crippen LogP contribution in [0.15, 0.2) is 53.7 Å². The van der Waals surface area contributed by atoms with Crippen molar-refractivity contribution in [3.8, 4) is 5.75 Å². The number of carbonyl (C=O) groups excluding carboxylic acids is 1. The molecule has 0 aliphatic carbocycles. The summed E-state index contributed by atoms with van der Waals surface area (Å²) in [6, 6.07) is 15.8. The van der Waals surface area contributed by atoms with Crippen LogP contribution in [0.2, 0.25) is 0 Å². The maximum atomic E-state index is 12.6. The Morgan fingerprint density at radius 3 is 2.44 bits per heavy atom. The molecule has 2 unspecified atom stereocenters. The lowest BCUT2D eigenvalue weighted by molar-refractivity contribution is -0.131. The molecule has 5 nitrogen and oxygen atoms in total. The van der Waals surface area contributed by atoms with Gasteiger partial charge in [-0.2, -0.15) is 0 Å². The van der Waals surface area contributed by atoms with E-state index in [-0.39, 0.29) is 11.9 Å². The van der Waals surface area contributed by atoms with Gasteiger partial charge in [-0.05, 0) is 36.1 Å². The molecule has 3 rings (SSSR count). The molecule has 1 N–H and O–H groups in total. The molecular weight excluding hydrogens is 340 g/mol. The maximum absolute atomic E-state index is 12.6. The van der Waals surface area contributed by atoms with E-state index in [2.05, 4.69) is 48.6 Å². The Kier molecular flexibility index (Phi) is 5.79. The molecule has 5 heteroatoms. The van der Waals surface area contributed by atoms with Crippen molar-refractivity contribution in [1.82, 2.24) is 5.32 Å². The molecule has 0 spiro atoms. The Morgan fingerprint density at radius 2 is 1.78 bits per heavy atom. The normalized spacial score (nSPS) is 17.2. The Hall–Kier alpha value is -2.82. The number of rotatable bonds is 6. The first-order valence-electron chi connectivity index (χ1n) is 9.26. The van der Waals surface area contributed by atoms with E-state index >= 15 is 0 Å². The van der Waals surface area contributed by atoms with Crippen LogP contribution >= 0.6 is 0 Å². The second-order valence-corrected chi connectivity index (χ2v) is 7.09. The molecule has 142 valence electrons. The number of hydrogen-bond donors (Lipinski definition) is 1. The summed E-state index contributed by atoms with van der Waals surface area (Å²) in [7, 11) is 1.62. The molecule has 2 aromatic carbocycles. The van der Waals surface area contributed by atoms with Crippen molar-refractivity contribution in [3.05, 3.63) is 65.2 Å². The molecule has 27 heavy (non-hydrogen) atoms. The molecule has 0 bridgehead atoms. The highest BCUT2D eigenvalue weighted by Crippen LogP contribution is 2.25. The minimum Gasteiger partial charge on any atom is -0.496 e. The van der Waals surface area contributed by atoms with Crippen LogP contribution in [0.5, 0.6) is 5.75 Å². The lowest BCUT2D eigenvalue weighted by Crippen LogP contribution is -2.36. The van der Waals surface area contributed by atoms with E-state index in [4.69, 9.17) is 9.57 Å². The number of ether oxygens (including phenoxy) is 1. The summed E-state index contributed by atoms with van der Waals surface area (Å²) < 4.78 is 5.37. The fourth-order valence-electron chi connectivity index (χ4n) is 3.12. The molecule has 1 amide bonds. The summed E-state index contributed by atoms with van der Waals surface area (Å²) in [5.41, 5.74) is 3.93. The van der Waals surface area contributed by atoms with Gasteiger partial charge in [0, 0.05) is 12.0 Å². The van der Waals surface area contributed by atoms with Crippen LogP contribution < -0.4 is 10.1 Å². The van der Waals surface area contributed by atoms with E-state index in [1.807, 2.05) is 31.2 Å². The van der Waals surface area contributed by atoms with Crippen LogP contribution in [0.4, 0.5) is 0 Å². The first-order valence-corrected chi connectivity index (χ1v) is 9.26. The van der Waals surface area contributed by atoms with E-state index in [9.17, 15) is 4.79 Å². The van der Waals surface area contributed by atoms with Crippen LogP contribution in [0.25, 0.3) is 0 Å². The minimum absolute atomic E-state index is 0.0994. The Bertz CT molecular complexity index is 828. The maximum Gasteiger partial charge on any atom is 0.264 e. The zero-order valence-electron chi connectivity index (χ0n) is 16.2. The molecule has 0 radical (unpaired) electrons. The predicted octanol–water partition coefficient (Wildman–Crippen LogP) is 4.19. The van der Waals surface area contributed by atoms with Gasteiger partial charge >= 0.3 is 0 Å². The fourth-order valence-corrected chi connectivity index (χ4v) is 3.12. The number of nitrogens with zero attached hydrogens (tertiary/aromatic N) is 1. The van der Waals surface area contributed by atoms with Crippen molar-refractivity contribution in [2.24, 2.45) is 5.16 Å². The van der Waals surface area contributed by atoms with Crippen LogP contribution in [0.3, 0.4) is 0 Å². The molecule has 1 aliphatic heterocycles. The molecular formula is C22H26N2O3. The quantitative estimate of drug-likeness (QED) is 0.834. The Morgan fingerprint density at radius 1 is 1.11 bits per heavy atom. The summed E-state index contributed by atoms with van der Waals surface area (Å²) in [5, 5.41) is 7.12. The second kappa shape index (κ2) is 8.25. The summed E-state index contributed by atoms with van der Waals surface area (Å²) in [6.07, 6.45) is -0.201. The van der Waals surface area contributed by atoms with Gasteiger partial charge in [-0.3, -0.25) is 4.79 Å². The summed E-state index contributed by atoms with van der Waals surface area (Å²) in [4.78, 5) is 18.0. The van der Waals surface area contributed by atoms with E-state index in [0.29, 0.717) is 12.3 Å². The largest absolute Gasteiger partial charge is 0.496 e. The van der Waals surface area contributed by atoms with Crippen LogP contribution in [-0.4, -0.2) is 24.8 Å². The average Bonchev–Trinajstić information content (AvgIpc) is 3.18. The van der Waals surface area contributed by atoms with Gasteiger partial charge in [0.1, 0.15) is 5.75 Å². The number of nitrogens with one attached hydrogen (secondary N) is 1. The topological polar surface area (TPSA) is 59.9 Å². The number of carbonyl (C=O) groups is 1. The standard InChI is InChI=1S/C22H26N2O3/c1-14(2)16-9-11-17(12-10-16)15(3)23-22(25)21-13-19(24-27-21)18-7-5-6-8-20(18)26-4/h5-12,14-15,21H,13H2,1-4H3,(H,23,25). The van der Waals surface area contributed by atoms with Crippen molar-refractivity contribution in [3.63, 3.8) is 0 Å². The van der Waals surface area contributed by atoms with E-state index in [1.54, 1.807) is 7.11 Å². The number of oxime groups is 1. The predicted molar refractivity (Wildman–Crippen MR) is 106 cm³/mol. The van der Waals surface area contributed by atoms with Crippen LogP contribution in [0.1, 0.15) is 55.8 Å². The summed E-state index contributed by atoms with van der Waals surface area (Å²) in [5.74, 6) is 1.05. The van der Waals surface area contributed by atoms with E-state index in [1.165, 1.54) is 5.56 Å². The number of hydrogen-bond acceptors (Lipinski definition) is 4. The summed E-state index contributed by atoms with van der Waals surface area (Å²) >= 11 is 0. The van der Waals surface area contributed by atoms with Gasteiger partial charge in [0.25, 0.3) is 5.91 Å². The van der Waals surface area contributed by atoms with Gasteiger partial charge in [-0.15, -0.1) is 0 Å². The first kappa shape index (κ1) is 19.0. The number of benzene rings is 2. The highest BCUT2D eigenvalue weighted by Gasteiger charge is 2.30. The lowest BCUT2D eigenvalue weighted by atomic mass is 9.99. The average molecular weight is 366 g/mol. The van der Waals surface area contributed by atoms with Gasteiger partial charge in [-0.1, -0.05) is 55.4 Å². The zero-order chi connectivity index (χ0) is 19.4. The number of amides is 1. The zero-order valence-corrected chi connectivity index (χ0v) is 16.2. The first-order chi connectivity index (χ1) is 13.0. The molecule has 2 atom stereocenters. The van der Waals surface area contributed by atoms with Crippen molar-refractivity contribution >= 4 is 11.6 Å². The van der Waals surface area contributed by atoms with Gasteiger partial charge in [0.15, 0.2) is 0 Å². The molecule has 0 saturated heterocycles. The van der Waals surface area contributed by atoms with Crippen molar-refractivity contribution in [2.45, 2.75) is 45.3 Å². The van der Waals surface area contributed by atoms with Crippen molar-refractivity contribution < 1.29 is 14.4 Å². The molecule has 0 fully saturated rings. The van der Waals surface area contributed by atoms with Gasteiger partial charge in [0.05, 0.1) is 18.9 Å². The molecule has 1 heterocycles. The number of methoxy groups -OCH3 is 1.